The van der Waals surface area contributed by atoms with E-state index in [1.54, 1.807) is 19.1 Å². The zero-order chi connectivity index (χ0) is 14.8. The van der Waals surface area contributed by atoms with Crippen LogP contribution in [0.15, 0.2) is 27.6 Å². The maximum atomic E-state index is 12.1. The zero-order valence-corrected chi connectivity index (χ0v) is 12.7. The first kappa shape index (κ1) is 16.1. The monoisotopic (exact) mass is 351 g/mol. The molecule has 0 spiro atoms. The van der Waals surface area contributed by atoms with Gasteiger partial charge in [-0.3, -0.25) is 4.79 Å². The number of rotatable bonds is 5. The molecule has 0 unspecified atom stereocenters. The number of carboxylic acid groups (broad SMARTS) is 1. The number of aliphatic hydroxyl groups is 1. The topological polar surface area (TPSA) is 104 Å². The molecule has 0 heterocycles. The quantitative estimate of drug-likeness (QED) is 0.730. The number of hydrogen-bond acceptors (Lipinski definition) is 4. The van der Waals surface area contributed by atoms with Crippen LogP contribution in [0.3, 0.4) is 0 Å². The van der Waals surface area contributed by atoms with Crippen molar-refractivity contribution in [2.45, 2.75) is 30.9 Å². The lowest BCUT2D eigenvalue weighted by Gasteiger charge is -2.17. The lowest BCUT2D eigenvalue weighted by molar-refractivity contribution is -0.141. The molecule has 1 aromatic carbocycles. The Morgan fingerprint density at radius 1 is 1.42 bits per heavy atom. The number of hydrogen-bond donors (Lipinski definition) is 3. The third-order valence-corrected chi connectivity index (χ3v) is 4.83. The Labute approximate surface area is 119 Å². The van der Waals surface area contributed by atoms with Gasteiger partial charge in [-0.1, -0.05) is 6.07 Å². The molecule has 0 bridgehead atoms. The van der Waals surface area contributed by atoms with Gasteiger partial charge in [-0.2, -0.15) is 4.72 Å². The van der Waals surface area contributed by atoms with Crippen molar-refractivity contribution < 1.29 is 23.4 Å². The summed E-state index contributed by atoms with van der Waals surface area (Å²) in [4.78, 5) is 10.8. The highest BCUT2D eigenvalue weighted by atomic mass is 79.9. The molecule has 0 fully saturated rings. The van der Waals surface area contributed by atoms with Gasteiger partial charge >= 0.3 is 5.97 Å². The number of carbonyl (C=O) groups is 1. The summed E-state index contributed by atoms with van der Waals surface area (Å²) in [6.45, 7) is 3.00. The summed E-state index contributed by atoms with van der Waals surface area (Å²) in [5.74, 6) is -1.44. The van der Waals surface area contributed by atoms with Crippen LogP contribution >= 0.6 is 15.9 Å². The van der Waals surface area contributed by atoms with Crippen LogP contribution in [0, 0.1) is 6.92 Å². The van der Waals surface area contributed by atoms with Gasteiger partial charge in [0, 0.05) is 4.47 Å². The molecule has 1 aromatic rings. The molecule has 0 aliphatic carbocycles. The van der Waals surface area contributed by atoms with E-state index in [1.165, 1.54) is 13.0 Å². The molecule has 106 valence electrons. The summed E-state index contributed by atoms with van der Waals surface area (Å²) >= 11 is 3.12. The standard InChI is InChI=1S/C11H14BrNO5S/c1-6-3-4-9(8(12)5-6)19(17,18)13-10(7(2)14)11(15)16/h3-5,7,10,13-14H,1-2H3,(H,15,16)/t7-,10+/m1/s1. The van der Waals surface area contributed by atoms with Crippen LogP contribution in [0.2, 0.25) is 0 Å². The van der Waals surface area contributed by atoms with Crippen molar-refractivity contribution in [3.05, 3.63) is 28.2 Å². The summed E-state index contributed by atoms with van der Waals surface area (Å²) < 4.78 is 26.4. The Hall–Kier alpha value is -0.960. The van der Waals surface area contributed by atoms with E-state index in [-0.39, 0.29) is 4.90 Å². The summed E-state index contributed by atoms with van der Waals surface area (Å²) in [7, 11) is -4.03. The average molecular weight is 352 g/mol. The molecule has 0 amide bonds. The van der Waals surface area contributed by atoms with E-state index in [9.17, 15) is 18.3 Å². The number of aliphatic carboxylic acids is 1. The molecule has 0 aliphatic heterocycles. The maximum Gasteiger partial charge on any atom is 0.324 e. The summed E-state index contributed by atoms with van der Waals surface area (Å²) in [5.41, 5.74) is 0.858. The molecule has 1 rings (SSSR count). The molecule has 0 aromatic heterocycles. The number of aliphatic hydroxyl groups excluding tert-OH is 1. The van der Waals surface area contributed by atoms with Gasteiger partial charge in [-0.25, -0.2) is 8.42 Å². The maximum absolute atomic E-state index is 12.1. The minimum absolute atomic E-state index is 0.0787. The third kappa shape index (κ3) is 4.00. The normalized spacial score (nSPS) is 14.9. The van der Waals surface area contributed by atoms with Crippen molar-refractivity contribution in [1.82, 2.24) is 4.72 Å². The Kier molecular flexibility index (Phi) is 5.08. The Bertz CT molecular complexity index is 585. The van der Waals surface area contributed by atoms with Gasteiger partial charge in [0.05, 0.1) is 11.0 Å². The van der Waals surface area contributed by atoms with Crippen molar-refractivity contribution in [3.8, 4) is 0 Å². The van der Waals surface area contributed by atoms with E-state index in [0.29, 0.717) is 4.47 Å². The zero-order valence-electron chi connectivity index (χ0n) is 10.3. The van der Waals surface area contributed by atoms with Crippen LogP contribution in [0.4, 0.5) is 0 Å². The van der Waals surface area contributed by atoms with Crippen molar-refractivity contribution in [2.24, 2.45) is 0 Å². The molecule has 19 heavy (non-hydrogen) atoms. The Morgan fingerprint density at radius 3 is 2.42 bits per heavy atom. The smallest absolute Gasteiger partial charge is 0.324 e. The second kappa shape index (κ2) is 6.00. The highest BCUT2D eigenvalue weighted by Gasteiger charge is 2.30. The van der Waals surface area contributed by atoms with E-state index in [0.717, 1.165) is 5.56 Å². The van der Waals surface area contributed by atoms with Crippen molar-refractivity contribution in [2.75, 3.05) is 0 Å². The van der Waals surface area contributed by atoms with Gasteiger partial charge < -0.3 is 10.2 Å². The van der Waals surface area contributed by atoms with Gasteiger partial charge in [-0.15, -0.1) is 0 Å². The first-order chi connectivity index (χ1) is 8.65. The number of sulfonamides is 1. The first-order valence-electron chi connectivity index (χ1n) is 5.34. The number of aryl methyl sites for hydroxylation is 1. The molecule has 6 nitrogen and oxygen atoms in total. The highest BCUT2D eigenvalue weighted by molar-refractivity contribution is 9.10. The molecular weight excluding hydrogens is 338 g/mol. The molecule has 0 saturated heterocycles. The van der Waals surface area contributed by atoms with Crippen LogP contribution < -0.4 is 4.72 Å². The van der Waals surface area contributed by atoms with Crippen molar-refractivity contribution in [1.29, 1.82) is 0 Å². The fraction of sp³-hybridized carbons (Fsp3) is 0.364. The number of nitrogens with one attached hydrogen (secondary N) is 1. The molecule has 0 radical (unpaired) electrons. The second-order valence-corrected chi connectivity index (χ2v) is 6.65. The average Bonchev–Trinajstić information content (AvgIpc) is 2.24. The van der Waals surface area contributed by atoms with Gasteiger partial charge in [0.25, 0.3) is 0 Å². The van der Waals surface area contributed by atoms with Crippen LogP contribution in [0.1, 0.15) is 12.5 Å². The molecule has 0 aliphatic rings. The Balaban J connectivity index is 3.14. The SMILES string of the molecule is Cc1ccc(S(=O)(=O)N[C@H](C(=O)O)[C@@H](C)O)c(Br)c1. The van der Waals surface area contributed by atoms with Gasteiger partial charge in [0.2, 0.25) is 10.0 Å². The van der Waals surface area contributed by atoms with E-state index in [2.05, 4.69) is 15.9 Å². The van der Waals surface area contributed by atoms with Crippen LogP contribution in [0.5, 0.6) is 0 Å². The third-order valence-electron chi connectivity index (χ3n) is 2.41. The fourth-order valence-corrected chi connectivity index (χ4v) is 3.86. The molecule has 0 saturated carbocycles. The minimum atomic E-state index is -4.03. The predicted molar refractivity (Wildman–Crippen MR) is 72.3 cm³/mol. The number of halogens is 1. The van der Waals surface area contributed by atoms with Crippen LogP contribution in [-0.4, -0.2) is 36.7 Å². The minimum Gasteiger partial charge on any atom is -0.480 e. The Morgan fingerprint density at radius 2 is 2.00 bits per heavy atom. The van der Waals surface area contributed by atoms with Gasteiger partial charge in [0.15, 0.2) is 0 Å². The summed E-state index contributed by atoms with van der Waals surface area (Å²) in [6, 6.07) is 2.96. The van der Waals surface area contributed by atoms with Crippen LogP contribution in [-0.2, 0) is 14.8 Å². The van der Waals surface area contributed by atoms with Gasteiger partial charge in [-0.05, 0) is 47.5 Å². The van der Waals surface area contributed by atoms with Crippen molar-refractivity contribution in [3.63, 3.8) is 0 Å². The molecule has 2 atom stereocenters. The van der Waals surface area contributed by atoms with Gasteiger partial charge in [0.1, 0.15) is 6.04 Å². The predicted octanol–water partition coefficient (Wildman–Crippen LogP) is 0.870. The van der Waals surface area contributed by atoms with E-state index >= 15 is 0 Å². The van der Waals surface area contributed by atoms with E-state index in [4.69, 9.17) is 5.11 Å². The van der Waals surface area contributed by atoms with E-state index < -0.39 is 28.1 Å². The summed E-state index contributed by atoms with van der Waals surface area (Å²) in [6.07, 6.45) is -1.35. The lowest BCUT2D eigenvalue weighted by Crippen LogP contribution is -2.47. The molecule has 8 heteroatoms. The van der Waals surface area contributed by atoms with E-state index in [1.807, 2.05) is 4.72 Å². The summed E-state index contributed by atoms with van der Waals surface area (Å²) in [5, 5.41) is 18.2. The van der Waals surface area contributed by atoms with Crippen LogP contribution in [0.25, 0.3) is 0 Å². The first-order valence-corrected chi connectivity index (χ1v) is 7.62. The molecule has 3 N–H and O–H groups in total. The fourth-order valence-electron chi connectivity index (χ4n) is 1.41. The molecular formula is C11H14BrNO5S. The lowest BCUT2D eigenvalue weighted by atomic mass is 10.2. The largest absolute Gasteiger partial charge is 0.480 e. The highest BCUT2D eigenvalue weighted by Crippen LogP contribution is 2.23. The number of carboxylic acids is 1. The number of benzene rings is 1. The van der Waals surface area contributed by atoms with Crippen molar-refractivity contribution >= 4 is 31.9 Å². The second-order valence-electron chi connectivity index (χ2n) is 4.11.